The standard InChI is InChI=1S/C50H28N4O2S/c1-3-12-29(13-4-1)47-52-48(34-18-11-17-31(26-34)32-22-25-42-37(27-32)36-20-9-10-21-41(36)57-42)54-49(53-47)38-28-33-16-7-8-19-35(33)43-44-39(55-46(38)43)23-24-40-45(44)51-50(56-40)30-14-5-2-6-15-30/h1-28H. The summed E-state index contributed by atoms with van der Waals surface area (Å²) >= 11 is 1.82. The number of fused-ring (bicyclic) bond motifs is 10. The predicted molar refractivity (Wildman–Crippen MR) is 232 cm³/mol. The summed E-state index contributed by atoms with van der Waals surface area (Å²) in [7, 11) is 0. The van der Waals surface area contributed by atoms with Crippen molar-refractivity contribution < 1.29 is 8.83 Å². The van der Waals surface area contributed by atoms with Gasteiger partial charge in [-0.25, -0.2) is 19.9 Å². The van der Waals surface area contributed by atoms with Gasteiger partial charge in [-0.05, 0) is 76.5 Å². The van der Waals surface area contributed by atoms with Crippen molar-refractivity contribution in [3.63, 3.8) is 0 Å². The molecular weight excluding hydrogens is 721 g/mol. The monoisotopic (exact) mass is 748 g/mol. The first-order valence-electron chi connectivity index (χ1n) is 18.8. The topological polar surface area (TPSA) is 77.8 Å². The van der Waals surface area contributed by atoms with Crippen LogP contribution in [-0.2, 0) is 0 Å². The molecule has 0 aliphatic rings. The van der Waals surface area contributed by atoms with Gasteiger partial charge < -0.3 is 8.83 Å². The zero-order valence-electron chi connectivity index (χ0n) is 30.2. The largest absolute Gasteiger partial charge is 0.455 e. The van der Waals surface area contributed by atoms with E-state index in [-0.39, 0.29) is 0 Å². The Morgan fingerprint density at radius 2 is 1.04 bits per heavy atom. The number of furan rings is 1. The number of thiophene rings is 1. The highest BCUT2D eigenvalue weighted by atomic mass is 32.1. The maximum Gasteiger partial charge on any atom is 0.227 e. The Balaban J connectivity index is 1.08. The second-order valence-electron chi connectivity index (χ2n) is 14.2. The first kappa shape index (κ1) is 31.8. The molecule has 0 radical (unpaired) electrons. The zero-order valence-corrected chi connectivity index (χ0v) is 31.0. The van der Waals surface area contributed by atoms with E-state index in [9.17, 15) is 0 Å². The number of hydrogen-bond acceptors (Lipinski definition) is 7. The highest BCUT2D eigenvalue weighted by molar-refractivity contribution is 7.25. The van der Waals surface area contributed by atoms with E-state index in [2.05, 4.69) is 97.1 Å². The van der Waals surface area contributed by atoms with E-state index in [1.54, 1.807) is 0 Å². The van der Waals surface area contributed by atoms with E-state index in [4.69, 9.17) is 28.8 Å². The van der Waals surface area contributed by atoms with Gasteiger partial charge in [0.05, 0.1) is 10.9 Å². The molecule has 0 fully saturated rings. The van der Waals surface area contributed by atoms with Crippen molar-refractivity contribution in [2.24, 2.45) is 0 Å². The van der Waals surface area contributed by atoms with Gasteiger partial charge in [-0.1, -0.05) is 115 Å². The molecule has 8 aromatic carbocycles. The van der Waals surface area contributed by atoms with Crippen LogP contribution in [0.1, 0.15) is 0 Å². The maximum atomic E-state index is 6.82. The summed E-state index contributed by atoms with van der Waals surface area (Å²) in [4.78, 5) is 20.5. The Hall–Kier alpha value is -7.48. The molecule has 0 N–H and O–H groups in total. The number of nitrogens with zero attached hydrogens (tertiary/aromatic N) is 4. The summed E-state index contributed by atoms with van der Waals surface area (Å²) in [5, 5.41) is 6.46. The quantitative estimate of drug-likeness (QED) is 0.174. The first-order valence-corrected chi connectivity index (χ1v) is 19.6. The molecule has 4 aromatic heterocycles. The van der Waals surface area contributed by atoms with Gasteiger partial charge in [-0.2, -0.15) is 0 Å². The van der Waals surface area contributed by atoms with E-state index in [1.165, 1.54) is 20.2 Å². The molecule has 0 saturated heterocycles. The molecule has 0 aliphatic carbocycles. The lowest BCUT2D eigenvalue weighted by molar-refractivity contribution is 0.619. The first-order chi connectivity index (χ1) is 28.2. The average molecular weight is 749 g/mol. The molecule has 0 spiro atoms. The minimum atomic E-state index is 0.520. The fourth-order valence-corrected chi connectivity index (χ4v) is 9.14. The summed E-state index contributed by atoms with van der Waals surface area (Å²) < 4.78 is 15.7. The SMILES string of the molecule is c1ccc(-c2nc(-c3cccc(-c4ccc5sc6ccccc6c5c4)c3)nc(-c3cc4ccccc4c4c3oc3ccc5oc(-c6ccccc6)nc5c34)n2)cc1. The Morgan fingerprint density at radius 1 is 0.386 bits per heavy atom. The van der Waals surface area contributed by atoms with Crippen LogP contribution >= 0.6 is 11.3 Å². The summed E-state index contributed by atoms with van der Waals surface area (Å²) in [5.41, 5.74) is 8.53. The van der Waals surface area contributed by atoms with Gasteiger partial charge in [-0.15, -0.1) is 11.3 Å². The third-order valence-corrected chi connectivity index (χ3v) is 11.9. The Bertz CT molecular complexity index is 3530. The Kier molecular flexibility index (Phi) is 7.00. The highest BCUT2D eigenvalue weighted by Crippen LogP contribution is 2.44. The minimum absolute atomic E-state index is 0.520. The van der Waals surface area contributed by atoms with Crippen LogP contribution in [0, 0.1) is 0 Å². The van der Waals surface area contributed by atoms with Crippen molar-refractivity contribution >= 4 is 75.3 Å². The third kappa shape index (κ3) is 5.17. The molecule has 12 rings (SSSR count). The van der Waals surface area contributed by atoms with Crippen LogP contribution in [-0.4, -0.2) is 19.9 Å². The molecule has 266 valence electrons. The second-order valence-corrected chi connectivity index (χ2v) is 15.3. The normalized spacial score (nSPS) is 11.9. The van der Waals surface area contributed by atoms with Crippen molar-refractivity contribution in [1.82, 2.24) is 19.9 Å². The van der Waals surface area contributed by atoms with E-state index < -0.39 is 0 Å². The van der Waals surface area contributed by atoms with Gasteiger partial charge in [0, 0.05) is 42.2 Å². The van der Waals surface area contributed by atoms with Crippen molar-refractivity contribution in [2.75, 3.05) is 0 Å². The van der Waals surface area contributed by atoms with Crippen LogP contribution in [0.15, 0.2) is 179 Å². The fourth-order valence-electron chi connectivity index (χ4n) is 8.05. The van der Waals surface area contributed by atoms with Crippen LogP contribution in [0.5, 0.6) is 0 Å². The number of hydrogen-bond donors (Lipinski definition) is 0. The molecule has 57 heavy (non-hydrogen) atoms. The van der Waals surface area contributed by atoms with E-state index in [0.29, 0.717) is 40.1 Å². The molecular formula is C50H28N4O2S. The van der Waals surface area contributed by atoms with Gasteiger partial charge in [-0.3, -0.25) is 0 Å². The molecule has 12 aromatic rings. The van der Waals surface area contributed by atoms with E-state index >= 15 is 0 Å². The lowest BCUT2D eigenvalue weighted by Crippen LogP contribution is -2.00. The lowest BCUT2D eigenvalue weighted by atomic mass is 9.99. The summed E-state index contributed by atoms with van der Waals surface area (Å²) in [6.45, 7) is 0. The van der Waals surface area contributed by atoms with Crippen LogP contribution in [0.4, 0.5) is 0 Å². The predicted octanol–water partition coefficient (Wildman–Crippen LogP) is 13.8. The van der Waals surface area contributed by atoms with Crippen LogP contribution in [0.2, 0.25) is 0 Å². The summed E-state index contributed by atoms with van der Waals surface area (Å²) in [6.07, 6.45) is 0. The number of rotatable bonds is 5. The van der Waals surface area contributed by atoms with Crippen LogP contribution in [0.3, 0.4) is 0 Å². The number of aromatic nitrogens is 4. The van der Waals surface area contributed by atoms with Gasteiger partial charge in [0.1, 0.15) is 16.7 Å². The van der Waals surface area contributed by atoms with Crippen LogP contribution < -0.4 is 0 Å². The van der Waals surface area contributed by atoms with Crippen molar-refractivity contribution in [1.29, 1.82) is 0 Å². The smallest absolute Gasteiger partial charge is 0.227 e. The molecule has 6 nitrogen and oxygen atoms in total. The Labute approximate surface area is 329 Å². The number of benzene rings is 8. The lowest BCUT2D eigenvalue weighted by Gasteiger charge is -2.11. The molecule has 4 heterocycles. The Morgan fingerprint density at radius 3 is 1.89 bits per heavy atom. The fraction of sp³-hybridized carbons (Fsp3) is 0. The molecule has 0 aliphatic heterocycles. The van der Waals surface area contributed by atoms with Crippen molar-refractivity contribution in [3.05, 3.63) is 170 Å². The molecule has 7 heteroatoms. The van der Waals surface area contributed by atoms with Crippen molar-refractivity contribution in [2.45, 2.75) is 0 Å². The molecule has 0 saturated carbocycles. The van der Waals surface area contributed by atoms with Gasteiger partial charge >= 0.3 is 0 Å². The summed E-state index contributed by atoms with van der Waals surface area (Å²) in [5.74, 6) is 2.24. The average Bonchev–Trinajstić information content (AvgIpc) is 4.00. The zero-order chi connectivity index (χ0) is 37.5. The van der Waals surface area contributed by atoms with E-state index in [0.717, 1.165) is 60.4 Å². The van der Waals surface area contributed by atoms with Gasteiger partial charge in [0.25, 0.3) is 0 Å². The van der Waals surface area contributed by atoms with E-state index in [1.807, 2.05) is 84.1 Å². The highest BCUT2D eigenvalue weighted by Gasteiger charge is 2.23. The number of oxazole rings is 1. The molecule has 0 unspecified atom stereocenters. The van der Waals surface area contributed by atoms with Gasteiger partial charge in [0.2, 0.25) is 5.89 Å². The van der Waals surface area contributed by atoms with Crippen LogP contribution in [0.25, 0.3) is 121 Å². The van der Waals surface area contributed by atoms with Gasteiger partial charge in [0.15, 0.2) is 23.1 Å². The molecule has 0 atom stereocenters. The second kappa shape index (κ2) is 12.5. The van der Waals surface area contributed by atoms with Crippen molar-refractivity contribution in [3.8, 4) is 56.7 Å². The third-order valence-electron chi connectivity index (χ3n) is 10.7. The minimum Gasteiger partial charge on any atom is -0.455 e. The summed E-state index contributed by atoms with van der Waals surface area (Å²) in [6, 6.07) is 58.2. The maximum absolute atomic E-state index is 6.82. The molecule has 0 bridgehead atoms. The molecule has 0 amide bonds.